The maximum Gasteiger partial charge on any atom is 0.124 e. The lowest BCUT2D eigenvalue weighted by molar-refractivity contribution is 1.31. The molecule has 10 aromatic rings. The fourth-order valence-electron chi connectivity index (χ4n) is 7.36. The Bertz CT molecular complexity index is 2950. The van der Waals surface area contributed by atoms with Crippen LogP contribution in [0.4, 0.5) is 17.1 Å². The van der Waals surface area contributed by atoms with Crippen LogP contribution in [0.3, 0.4) is 0 Å². The molecule has 0 aliphatic rings. The van der Waals surface area contributed by atoms with Gasteiger partial charge in [0.15, 0.2) is 0 Å². The van der Waals surface area contributed by atoms with Crippen LogP contribution in [-0.4, -0.2) is 4.98 Å². The molecule has 8 aromatic carbocycles. The Morgan fingerprint density at radius 1 is 0.529 bits per heavy atom. The van der Waals surface area contributed by atoms with Crippen LogP contribution < -0.4 is 4.90 Å². The van der Waals surface area contributed by atoms with Gasteiger partial charge in [0.05, 0.1) is 32.2 Å². The van der Waals surface area contributed by atoms with Crippen LogP contribution in [0.25, 0.3) is 73.6 Å². The number of benzene rings is 8. The minimum Gasteiger partial charge on any atom is -0.308 e. The van der Waals surface area contributed by atoms with Crippen molar-refractivity contribution in [3.63, 3.8) is 0 Å². The van der Waals surface area contributed by atoms with Crippen LogP contribution in [0.2, 0.25) is 0 Å². The van der Waals surface area contributed by atoms with Crippen LogP contribution in [0.1, 0.15) is 5.56 Å². The van der Waals surface area contributed by atoms with E-state index in [0.29, 0.717) is 5.56 Å². The smallest absolute Gasteiger partial charge is 0.124 e. The summed E-state index contributed by atoms with van der Waals surface area (Å²) in [6.07, 6.45) is 0. The lowest BCUT2D eigenvalue weighted by Crippen LogP contribution is -2.11. The van der Waals surface area contributed by atoms with Crippen molar-refractivity contribution >= 4 is 91.7 Å². The Morgan fingerprint density at radius 3 is 2.02 bits per heavy atom. The molecule has 0 aliphatic heterocycles. The number of anilines is 3. The highest BCUT2D eigenvalue weighted by molar-refractivity contribution is 7.26. The summed E-state index contributed by atoms with van der Waals surface area (Å²) in [5.74, 6) is 0. The van der Waals surface area contributed by atoms with Gasteiger partial charge in [-0.2, -0.15) is 5.26 Å². The predicted octanol–water partition coefficient (Wildman–Crippen LogP) is 13.6. The van der Waals surface area contributed by atoms with Crippen LogP contribution in [0.5, 0.6) is 0 Å². The molecule has 0 atom stereocenters. The van der Waals surface area contributed by atoms with Crippen molar-refractivity contribution in [3.8, 4) is 27.8 Å². The highest BCUT2D eigenvalue weighted by atomic mass is 32.1. The largest absolute Gasteiger partial charge is 0.308 e. The molecule has 0 spiro atoms. The molecule has 2 heterocycles. The van der Waals surface area contributed by atoms with Crippen molar-refractivity contribution < 1.29 is 0 Å². The van der Waals surface area contributed by atoms with E-state index < -0.39 is 0 Å². The number of rotatable bonds is 5. The molecule has 0 amide bonds. The fourth-order valence-corrected chi connectivity index (χ4v) is 9.59. The van der Waals surface area contributed by atoms with Gasteiger partial charge in [-0.3, -0.25) is 0 Å². The van der Waals surface area contributed by atoms with Crippen molar-refractivity contribution in [3.05, 3.63) is 169 Å². The van der Waals surface area contributed by atoms with Gasteiger partial charge in [-0.05, 0) is 100 Å². The van der Waals surface area contributed by atoms with Crippen molar-refractivity contribution in [2.24, 2.45) is 0 Å². The second-order valence-electron chi connectivity index (χ2n) is 12.7. The summed E-state index contributed by atoms with van der Waals surface area (Å²) >= 11 is 3.54. The second kappa shape index (κ2) is 11.9. The Labute approximate surface area is 302 Å². The first-order chi connectivity index (χ1) is 25.2. The Kier molecular flexibility index (Phi) is 6.92. The standard InChI is InChI=1S/C46H27N3S2/c47-28-29-11-10-16-35(25-29)49(34-23-21-31(22-24-34)46-48-39-18-7-9-20-41(39)51-46)44-38-27-33-15-5-4-14-32(33)26-37(38)42(30-12-2-1-3-13-30)43-36-17-6-8-19-40(36)50-45(43)44/h1-27H. The average molecular weight is 686 g/mol. The van der Waals surface area contributed by atoms with E-state index in [1.54, 1.807) is 11.3 Å². The van der Waals surface area contributed by atoms with E-state index in [2.05, 4.69) is 150 Å². The number of nitriles is 1. The Morgan fingerprint density at radius 2 is 1.24 bits per heavy atom. The molecule has 0 N–H and O–H groups in total. The molecule has 2 aromatic heterocycles. The van der Waals surface area contributed by atoms with Gasteiger partial charge in [0.2, 0.25) is 0 Å². The Hall–Kier alpha value is -6.32. The van der Waals surface area contributed by atoms with E-state index in [-0.39, 0.29) is 0 Å². The molecular weight excluding hydrogens is 659 g/mol. The van der Waals surface area contributed by atoms with Gasteiger partial charge in [-0.1, -0.05) is 91.0 Å². The zero-order chi connectivity index (χ0) is 33.9. The first-order valence-electron chi connectivity index (χ1n) is 16.8. The molecule has 0 bridgehead atoms. The molecule has 0 fully saturated rings. The number of hydrogen-bond donors (Lipinski definition) is 0. The van der Waals surface area contributed by atoms with Crippen LogP contribution in [0, 0.1) is 11.3 Å². The normalized spacial score (nSPS) is 11.5. The molecular formula is C46H27N3S2. The highest BCUT2D eigenvalue weighted by Gasteiger charge is 2.26. The van der Waals surface area contributed by atoms with Gasteiger partial charge in [-0.25, -0.2) is 4.98 Å². The van der Waals surface area contributed by atoms with E-state index >= 15 is 0 Å². The highest BCUT2D eigenvalue weighted by Crippen LogP contribution is 2.53. The SMILES string of the molecule is N#Cc1cccc(N(c2ccc(-c3nc4ccccc4s3)cc2)c2c3cc4ccccc4cc3c(-c3ccccc3)c3c2sc2ccccc23)c1. The predicted molar refractivity (Wildman–Crippen MR) is 218 cm³/mol. The first-order valence-corrected chi connectivity index (χ1v) is 18.5. The van der Waals surface area contributed by atoms with Crippen molar-refractivity contribution in [1.82, 2.24) is 4.98 Å². The lowest BCUT2D eigenvalue weighted by atomic mass is 9.90. The summed E-state index contributed by atoms with van der Waals surface area (Å²) in [7, 11) is 0. The van der Waals surface area contributed by atoms with Crippen LogP contribution >= 0.6 is 22.7 Å². The third-order valence-corrected chi connectivity index (χ3v) is 11.9. The zero-order valence-corrected chi connectivity index (χ0v) is 28.9. The van der Waals surface area contributed by atoms with Gasteiger partial charge in [0.25, 0.3) is 0 Å². The molecule has 0 saturated heterocycles. The van der Waals surface area contributed by atoms with E-state index in [4.69, 9.17) is 4.98 Å². The summed E-state index contributed by atoms with van der Waals surface area (Å²) < 4.78 is 3.62. The second-order valence-corrected chi connectivity index (χ2v) is 14.8. The lowest BCUT2D eigenvalue weighted by Gasteiger charge is -2.29. The summed E-state index contributed by atoms with van der Waals surface area (Å²) in [5.41, 5.74) is 8.19. The average Bonchev–Trinajstić information content (AvgIpc) is 3.80. The minimum absolute atomic E-state index is 0.617. The van der Waals surface area contributed by atoms with Gasteiger partial charge < -0.3 is 4.90 Å². The van der Waals surface area contributed by atoms with Crippen molar-refractivity contribution in [2.45, 2.75) is 0 Å². The molecule has 0 saturated carbocycles. The fraction of sp³-hybridized carbons (Fsp3) is 0. The van der Waals surface area contributed by atoms with Crippen molar-refractivity contribution in [1.29, 1.82) is 5.26 Å². The number of nitrogens with zero attached hydrogens (tertiary/aromatic N) is 3. The van der Waals surface area contributed by atoms with Gasteiger partial charge >= 0.3 is 0 Å². The summed E-state index contributed by atoms with van der Waals surface area (Å²) in [4.78, 5) is 7.29. The Balaban J connectivity index is 1.32. The van der Waals surface area contributed by atoms with Gasteiger partial charge in [0, 0.05) is 37.8 Å². The molecule has 51 heavy (non-hydrogen) atoms. The quantitative estimate of drug-likeness (QED) is 0.169. The molecule has 0 unspecified atom stereocenters. The minimum atomic E-state index is 0.617. The zero-order valence-electron chi connectivity index (χ0n) is 27.2. The topological polar surface area (TPSA) is 39.9 Å². The maximum absolute atomic E-state index is 10.1. The number of aromatic nitrogens is 1. The monoisotopic (exact) mass is 685 g/mol. The van der Waals surface area contributed by atoms with Crippen LogP contribution in [-0.2, 0) is 0 Å². The molecule has 238 valence electrons. The van der Waals surface area contributed by atoms with E-state index in [9.17, 15) is 5.26 Å². The molecule has 3 nitrogen and oxygen atoms in total. The summed E-state index contributed by atoms with van der Waals surface area (Å²) in [6, 6.07) is 60.3. The van der Waals surface area contributed by atoms with Crippen molar-refractivity contribution in [2.75, 3.05) is 4.90 Å². The number of thiazole rings is 1. The first kappa shape index (κ1) is 29.6. The summed E-state index contributed by atoms with van der Waals surface area (Å²) in [6.45, 7) is 0. The molecule has 10 rings (SSSR count). The molecule has 0 aliphatic carbocycles. The van der Waals surface area contributed by atoms with Gasteiger partial charge in [-0.15, -0.1) is 22.7 Å². The number of fused-ring (bicyclic) bond motifs is 6. The van der Waals surface area contributed by atoms with E-state index in [0.717, 1.165) is 38.5 Å². The number of hydrogen-bond acceptors (Lipinski definition) is 5. The molecule has 5 heteroatoms. The van der Waals surface area contributed by atoms with E-state index in [1.807, 2.05) is 35.6 Å². The number of thiophene rings is 1. The summed E-state index contributed by atoms with van der Waals surface area (Å²) in [5, 5.41) is 18.3. The third-order valence-electron chi connectivity index (χ3n) is 9.66. The van der Waals surface area contributed by atoms with Crippen LogP contribution in [0.15, 0.2) is 164 Å². The molecule has 0 radical (unpaired) electrons. The third kappa shape index (κ3) is 4.88. The van der Waals surface area contributed by atoms with Gasteiger partial charge in [0.1, 0.15) is 5.01 Å². The maximum atomic E-state index is 10.1. The van der Waals surface area contributed by atoms with E-state index in [1.165, 1.54) is 52.2 Å². The number of para-hydroxylation sites is 1.